The molecule has 0 saturated heterocycles. The second-order valence-electron chi connectivity index (χ2n) is 8.38. The molecule has 0 spiro atoms. The summed E-state index contributed by atoms with van der Waals surface area (Å²) in [5.74, 6) is 0.376. The van der Waals surface area contributed by atoms with E-state index >= 15 is 0 Å². The number of aromatic amines is 1. The molecule has 1 amide bonds. The number of benzene rings is 4. The summed E-state index contributed by atoms with van der Waals surface area (Å²) >= 11 is 0. The van der Waals surface area contributed by atoms with Gasteiger partial charge in [0.2, 0.25) is 0 Å². The Bertz CT molecular complexity index is 1700. The van der Waals surface area contributed by atoms with Crippen molar-refractivity contribution in [3.05, 3.63) is 136 Å². The Labute approximate surface area is 206 Å². The number of nitrogens with zero attached hydrogens (tertiary/aromatic N) is 3. The quantitative estimate of drug-likeness (QED) is 0.358. The first-order chi connectivity index (χ1) is 17.7. The van der Waals surface area contributed by atoms with Crippen molar-refractivity contribution in [3.8, 4) is 11.3 Å². The fourth-order valence-electron chi connectivity index (χ4n) is 4.35. The second-order valence-corrected chi connectivity index (χ2v) is 8.38. The molecule has 172 valence electrons. The predicted octanol–water partition coefficient (Wildman–Crippen LogP) is 5.42. The number of anilines is 1. The molecule has 0 fully saturated rings. The van der Waals surface area contributed by atoms with Crippen LogP contribution in [0.25, 0.3) is 28.1 Å². The van der Waals surface area contributed by atoms with Gasteiger partial charge in [-0.2, -0.15) is 5.10 Å². The molecule has 1 aromatic heterocycles. The van der Waals surface area contributed by atoms with Crippen LogP contribution in [0.3, 0.4) is 0 Å². The minimum absolute atomic E-state index is 0.196. The molecule has 6 heteroatoms. The predicted molar refractivity (Wildman–Crippen MR) is 143 cm³/mol. The third kappa shape index (κ3) is 3.80. The van der Waals surface area contributed by atoms with Crippen LogP contribution in [0, 0.1) is 0 Å². The number of fused-ring (bicyclic) bond motifs is 1. The van der Waals surface area contributed by atoms with E-state index in [9.17, 15) is 9.59 Å². The standard InChI is InChI=1S/C30H20N4O2/c35-29-25-14-8-7-13-24(25)27(32-33-29)21-15-17-23(18-16-21)34-28(22-11-5-2-6-12-22)31-26(30(34)36)19-20-9-3-1-4-10-20/h1-19H,(H,33,35)/b26-19-. The number of aromatic nitrogens is 2. The molecule has 0 aliphatic carbocycles. The Morgan fingerprint density at radius 1 is 0.667 bits per heavy atom. The van der Waals surface area contributed by atoms with E-state index in [0.717, 1.165) is 22.1 Å². The van der Waals surface area contributed by atoms with Crippen molar-refractivity contribution in [2.24, 2.45) is 4.99 Å². The Balaban J connectivity index is 1.42. The van der Waals surface area contributed by atoms with Crippen LogP contribution in [-0.4, -0.2) is 21.9 Å². The maximum atomic E-state index is 13.6. The Kier molecular flexibility index (Phi) is 5.31. The molecule has 0 bridgehead atoms. The van der Waals surface area contributed by atoms with Crippen LogP contribution in [0.5, 0.6) is 0 Å². The highest BCUT2D eigenvalue weighted by Crippen LogP contribution is 2.31. The molecule has 0 saturated carbocycles. The van der Waals surface area contributed by atoms with Crippen LogP contribution in [0.2, 0.25) is 0 Å². The lowest BCUT2D eigenvalue weighted by Crippen LogP contribution is -2.32. The molecule has 1 aliphatic rings. The first kappa shape index (κ1) is 21.4. The molecule has 0 unspecified atom stereocenters. The summed E-state index contributed by atoms with van der Waals surface area (Å²) in [4.78, 5) is 32.1. The second kappa shape index (κ2) is 8.92. The van der Waals surface area contributed by atoms with Crippen LogP contribution in [-0.2, 0) is 4.79 Å². The number of hydrogen-bond donors (Lipinski definition) is 1. The summed E-state index contributed by atoms with van der Waals surface area (Å²) in [5, 5.41) is 8.22. The van der Waals surface area contributed by atoms with E-state index < -0.39 is 0 Å². The Hall–Kier alpha value is -5.10. The minimum atomic E-state index is -0.227. The van der Waals surface area contributed by atoms with Gasteiger partial charge in [-0.1, -0.05) is 91.0 Å². The summed E-state index contributed by atoms with van der Waals surface area (Å²) < 4.78 is 0. The van der Waals surface area contributed by atoms with Crippen molar-refractivity contribution in [1.82, 2.24) is 10.2 Å². The highest BCUT2D eigenvalue weighted by molar-refractivity contribution is 6.33. The van der Waals surface area contributed by atoms with Crippen LogP contribution >= 0.6 is 0 Å². The largest absolute Gasteiger partial charge is 0.282 e. The number of aliphatic imine (C=N–C) groups is 1. The zero-order valence-electron chi connectivity index (χ0n) is 19.1. The number of H-pyrrole nitrogens is 1. The fourth-order valence-corrected chi connectivity index (χ4v) is 4.35. The zero-order chi connectivity index (χ0) is 24.5. The van der Waals surface area contributed by atoms with Gasteiger partial charge in [-0.05, 0) is 29.8 Å². The van der Waals surface area contributed by atoms with Crippen LogP contribution in [0.4, 0.5) is 5.69 Å². The smallest absolute Gasteiger partial charge is 0.267 e. The zero-order valence-corrected chi connectivity index (χ0v) is 19.1. The lowest BCUT2D eigenvalue weighted by atomic mass is 10.0. The molecule has 6 nitrogen and oxygen atoms in total. The topological polar surface area (TPSA) is 78.4 Å². The van der Waals surface area contributed by atoms with E-state index in [1.807, 2.05) is 103 Å². The van der Waals surface area contributed by atoms with Gasteiger partial charge >= 0.3 is 0 Å². The van der Waals surface area contributed by atoms with Crippen molar-refractivity contribution < 1.29 is 4.79 Å². The van der Waals surface area contributed by atoms with Gasteiger partial charge in [0.05, 0.1) is 16.8 Å². The van der Waals surface area contributed by atoms with Gasteiger partial charge < -0.3 is 0 Å². The van der Waals surface area contributed by atoms with E-state index in [4.69, 9.17) is 4.99 Å². The van der Waals surface area contributed by atoms with Gasteiger partial charge in [-0.3, -0.25) is 14.5 Å². The number of carbonyl (C=O) groups is 1. The molecule has 6 rings (SSSR count). The van der Waals surface area contributed by atoms with E-state index in [1.165, 1.54) is 0 Å². The molecule has 1 aliphatic heterocycles. The minimum Gasteiger partial charge on any atom is -0.267 e. The molecule has 0 radical (unpaired) electrons. The van der Waals surface area contributed by atoms with Gasteiger partial charge in [-0.25, -0.2) is 10.1 Å². The van der Waals surface area contributed by atoms with Crippen LogP contribution in [0.15, 0.2) is 125 Å². The summed E-state index contributed by atoms with van der Waals surface area (Å²) in [6, 6.07) is 34.3. The van der Waals surface area contributed by atoms with E-state index in [0.29, 0.717) is 28.3 Å². The maximum Gasteiger partial charge on any atom is 0.282 e. The molecule has 36 heavy (non-hydrogen) atoms. The average molecular weight is 469 g/mol. The third-order valence-electron chi connectivity index (χ3n) is 6.09. The first-order valence-electron chi connectivity index (χ1n) is 11.5. The number of amides is 1. The van der Waals surface area contributed by atoms with Crippen LogP contribution in [0.1, 0.15) is 11.1 Å². The monoisotopic (exact) mass is 468 g/mol. The number of hydrogen-bond acceptors (Lipinski definition) is 4. The summed E-state index contributed by atoms with van der Waals surface area (Å²) in [6.45, 7) is 0. The molecule has 2 heterocycles. The third-order valence-corrected chi connectivity index (χ3v) is 6.09. The van der Waals surface area contributed by atoms with Crippen molar-refractivity contribution in [1.29, 1.82) is 0 Å². The molecule has 0 atom stereocenters. The highest BCUT2D eigenvalue weighted by atomic mass is 16.2. The molecular weight excluding hydrogens is 448 g/mol. The normalized spacial score (nSPS) is 14.4. The van der Waals surface area contributed by atoms with Crippen LogP contribution < -0.4 is 10.5 Å². The van der Waals surface area contributed by atoms with Gasteiger partial charge in [0.15, 0.2) is 0 Å². The van der Waals surface area contributed by atoms with E-state index in [1.54, 1.807) is 17.0 Å². The lowest BCUT2D eigenvalue weighted by Gasteiger charge is -2.19. The van der Waals surface area contributed by atoms with E-state index in [-0.39, 0.29) is 11.5 Å². The summed E-state index contributed by atoms with van der Waals surface area (Å²) in [7, 11) is 0. The van der Waals surface area contributed by atoms with Gasteiger partial charge in [-0.15, -0.1) is 0 Å². The molecule has 4 aromatic carbocycles. The number of rotatable bonds is 4. The number of carbonyl (C=O) groups excluding carboxylic acids is 1. The molecule has 5 aromatic rings. The summed E-state index contributed by atoms with van der Waals surface area (Å²) in [6.07, 6.45) is 1.80. The number of amidine groups is 1. The van der Waals surface area contributed by atoms with Crippen molar-refractivity contribution >= 4 is 34.3 Å². The highest BCUT2D eigenvalue weighted by Gasteiger charge is 2.32. The Morgan fingerprint density at radius 3 is 2.03 bits per heavy atom. The maximum absolute atomic E-state index is 13.6. The summed E-state index contributed by atoms with van der Waals surface area (Å²) in [5.41, 5.74) is 4.09. The molecule has 1 N–H and O–H groups in total. The van der Waals surface area contributed by atoms with Crippen molar-refractivity contribution in [2.45, 2.75) is 0 Å². The fraction of sp³-hybridized carbons (Fsp3) is 0. The van der Waals surface area contributed by atoms with Gasteiger partial charge in [0, 0.05) is 16.5 Å². The SMILES string of the molecule is O=C1/C(=C/c2ccccc2)N=C(c2ccccc2)N1c1ccc(-c2n[nH]c(=O)c3ccccc23)cc1. The van der Waals surface area contributed by atoms with Crippen molar-refractivity contribution in [2.75, 3.05) is 4.90 Å². The molecular formula is C30H20N4O2. The lowest BCUT2D eigenvalue weighted by molar-refractivity contribution is -0.113. The van der Waals surface area contributed by atoms with Gasteiger partial charge in [0.25, 0.3) is 11.5 Å². The van der Waals surface area contributed by atoms with Crippen molar-refractivity contribution in [3.63, 3.8) is 0 Å². The van der Waals surface area contributed by atoms with Gasteiger partial charge in [0.1, 0.15) is 11.5 Å². The first-order valence-corrected chi connectivity index (χ1v) is 11.5. The average Bonchev–Trinajstić information content (AvgIpc) is 3.26. The Morgan fingerprint density at radius 2 is 1.31 bits per heavy atom. The number of nitrogens with one attached hydrogen (secondary N) is 1. The van der Waals surface area contributed by atoms with E-state index in [2.05, 4.69) is 10.2 Å².